The molecule has 0 bridgehead atoms. The fourth-order valence-corrected chi connectivity index (χ4v) is 2.52. The summed E-state index contributed by atoms with van der Waals surface area (Å²) in [4.78, 5) is 11.5. The first kappa shape index (κ1) is 17.9. The Morgan fingerprint density at radius 3 is 2.46 bits per heavy atom. The van der Waals surface area contributed by atoms with Crippen LogP contribution in [0.3, 0.4) is 0 Å². The van der Waals surface area contributed by atoms with E-state index in [0.717, 1.165) is 34.6 Å². The van der Waals surface area contributed by atoms with Gasteiger partial charge in [0.05, 0.1) is 13.7 Å². The number of aryl methyl sites for hydroxylation is 2. The second-order valence-electron chi connectivity index (χ2n) is 6.03. The van der Waals surface area contributed by atoms with Crippen molar-refractivity contribution in [3.8, 4) is 5.75 Å². The van der Waals surface area contributed by atoms with Gasteiger partial charge in [-0.25, -0.2) is 4.79 Å². The average molecular weight is 328 g/mol. The summed E-state index contributed by atoms with van der Waals surface area (Å²) in [6, 6.07) is 7.51. The molecule has 2 aromatic rings. The highest BCUT2D eigenvalue weighted by Gasteiger charge is 2.13. The molecule has 0 N–H and O–H groups in total. The molecule has 0 fully saturated rings. The van der Waals surface area contributed by atoms with Crippen molar-refractivity contribution in [3.05, 3.63) is 64.6 Å². The van der Waals surface area contributed by atoms with E-state index in [1.54, 1.807) is 6.07 Å². The van der Waals surface area contributed by atoms with Crippen molar-refractivity contribution in [1.29, 1.82) is 0 Å². The van der Waals surface area contributed by atoms with E-state index in [1.807, 2.05) is 25.1 Å². The Morgan fingerprint density at radius 2 is 1.88 bits per heavy atom. The van der Waals surface area contributed by atoms with Crippen molar-refractivity contribution in [2.24, 2.45) is 0 Å². The molecule has 24 heavy (non-hydrogen) atoms. The van der Waals surface area contributed by atoms with Gasteiger partial charge in [0.2, 0.25) is 5.76 Å². The maximum Gasteiger partial charge on any atom is 0.373 e. The summed E-state index contributed by atoms with van der Waals surface area (Å²) in [5.74, 6) is 1.36. The lowest BCUT2D eigenvalue weighted by molar-refractivity contribution is 0.0563. The summed E-state index contributed by atoms with van der Waals surface area (Å²) in [5, 5.41) is 0. The lowest BCUT2D eigenvalue weighted by Gasteiger charge is -2.13. The molecule has 0 radical (unpaired) electrons. The van der Waals surface area contributed by atoms with Crippen LogP contribution in [-0.2, 0) is 11.2 Å². The van der Waals surface area contributed by atoms with E-state index in [1.165, 1.54) is 12.7 Å². The van der Waals surface area contributed by atoms with E-state index >= 15 is 0 Å². The van der Waals surface area contributed by atoms with Crippen LogP contribution in [0.15, 0.2) is 40.8 Å². The monoisotopic (exact) mass is 328 g/mol. The molecule has 0 atom stereocenters. The molecule has 1 aromatic heterocycles. The number of furan rings is 1. The van der Waals surface area contributed by atoms with Crippen LogP contribution < -0.4 is 4.74 Å². The molecule has 0 aliphatic carbocycles. The molecule has 1 heterocycles. The molecule has 4 heteroatoms. The maximum atomic E-state index is 11.5. The van der Waals surface area contributed by atoms with E-state index in [4.69, 9.17) is 9.15 Å². The Bertz CT molecular complexity index is 717. The molecule has 0 unspecified atom stereocenters. The van der Waals surface area contributed by atoms with E-state index in [-0.39, 0.29) is 5.76 Å². The summed E-state index contributed by atoms with van der Waals surface area (Å²) >= 11 is 0. The third kappa shape index (κ3) is 4.51. The highest BCUT2D eigenvalue weighted by atomic mass is 16.5. The fourth-order valence-electron chi connectivity index (χ4n) is 2.52. The first-order valence-electron chi connectivity index (χ1n) is 7.95. The van der Waals surface area contributed by atoms with Gasteiger partial charge in [-0.2, -0.15) is 0 Å². The smallest absolute Gasteiger partial charge is 0.373 e. The van der Waals surface area contributed by atoms with Crippen molar-refractivity contribution in [3.63, 3.8) is 0 Å². The van der Waals surface area contributed by atoms with Gasteiger partial charge in [-0.15, -0.1) is 6.58 Å². The average Bonchev–Trinajstić information content (AvgIpc) is 2.98. The van der Waals surface area contributed by atoms with Crippen LogP contribution in [0.2, 0.25) is 0 Å². The Hall–Kier alpha value is -2.49. The molecule has 2 rings (SSSR count). The van der Waals surface area contributed by atoms with Crippen molar-refractivity contribution in [2.75, 3.05) is 13.7 Å². The Morgan fingerprint density at radius 1 is 1.21 bits per heavy atom. The van der Waals surface area contributed by atoms with Gasteiger partial charge in [0.15, 0.2) is 0 Å². The number of esters is 1. The number of carbonyl (C=O) groups excluding carboxylic acids is 1. The lowest BCUT2D eigenvalue weighted by Crippen LogP contribution is -2.01. The van der Waals surface area contributed by atoms with Crippen LogP contribution in [0.4, 0.5) is 0 Å². The molecule has 128 valence electrons. The van der Waals surface area contributed by atoms with E-state index in [0.29, 0.717) is 13.0 Å². The van der Waals surface area contributed by atoms with Crippen molar-refractivity contribution >= 4 is 5.97 Å². The number of hydrogen-bond acceptors (Lipinski definition) is 4. The molecule has 1 aromatic carbocycles. The number of ether oxygens (including phenoxy) is 2. The quantitative estimate of drug-likeness (QED) is 0.550. The molecule has 0 saturated carbocycles. The molecule has 0 spiro atoms. The summed E-state index contributed by atoms with van der Waals surface area (Å²) in [7, 11) is 1.34. The Kier molecular flexibility index (Phi) is 5.85. The van der Waals surface area contributed by atoms with Gasteiger partial charge in [-0.1, -0.05) is 5.57 Å². The zero-order valence-corrected chi connectivity index (χ0v) is 14.8. The molecule has 4 nitrogen and oxygen atoms in total. The minimum Gasteiger partial charge on any atom is -0.493 e. The van der Waals surface area contributed by atoms with Crippen LogP contribution in [0.5, 0.6) is 5.75 Å². The summed E-state index contributed by atoms with van der Waals surface area (Å²) in [6.45, 7) is 10.6. The molecule has 0 aliphatic heterocycles. The summed E-state index contributed by atoms with van der Waals surface area (Å²) < 4.78 is 16.0. The molecular formula is C20H24O4. The highest BCUT2D eigenvalue weighted by Crippen LogP contribution is 2.25. The van der Waals surface area contributed by atoms with Crippen LogP contribution in [-0.4, -0.2) is 19.7 Å². The normalized spacial score (nSPS) is 10.5. The third-order valence-electron chi connectivity index (χ3n) is 3.87. The number of hydrogen-bond donors (Lipinski definition) is 0. The topological polar surface area (TPSA) is 48.7 Å². The number of carbonyl (C=O) groups is 1. The van der Waals surface area contributed by atoms with Gasteiger partial charge >= 0.3 is 5.97 Å². The van der Waals surface area contributed by atoms with E-state index < -0.39 is 5.97 Å². The SMILES string of the molecule is C=C(C)CCOc1cc(C)c(Cc2ccc(C(=O)OC)o2)c(C)c1. The first-order valence-corrected chi connectivity index (χ1v) is 7.95. The first-order chi connectivity index (χ1) is 11.4. The van der Waals surface area contributed by atoms with Gasteiger partial charge < -0.3 is 13.9 Å². The Labute approximate surface area is 143 Å². The standard InChI is InChI=1S/C20H24O4/c1-13(2)8-9-23-17-10-14(3)18(15(4)11-17)12-16-6-7-19(24-16)20(21)22-5/h6-7,10-11H,1,8-9,12H2,2-5H3. The number of benzene rings is 1. The maximum absolute atomic E-state index is 11.5. The fraction of sp³-hybridized carbons (Fsp3) is 0.350. The van der Waals surface area contributed by atoms with Gasteiger partial charge in [0.25, 0.3) is 0 Å². The molecule has 0 saturated heterocycles. The second kappa shape index (κ2) is 7.86. The second-order valence-corrected chi connectivity index (χ2v) is 6.03. The minimum absolute atomic E-state index is 0.225. The lowest BCUT2D eigenvalue weighted by atomic mass is 9.98. The van der Waals surface area contributed by atoms with Crippen LogP contribution in [0.25, 0.3) is 0 Å². The summed E-state index contributed by atoms with van der Waals surface area (Å²) in [5.41, 5.74) is 4.56. The number of rotatable bonds is 7. The highest BCUT2D eigenvalue weighted by molar-refractivity contribution is 5.86. The number of methoxy groups -OCH3 is 1. The third-order valence-corrected chi connectivity index (χ3v) is 3.87. The van der Waals surface area contributed by atoms with E-state index in [9.17, 15) is 4.79 Å². The van der Waals surface area contributed by atoms with Crippen LogP contribution >= 0.6 is 0 Å². The van der Waals surface area contributed by atoms with Crippen molar-refractivity contribution < 1.29 is 18.7 Å². The zero-order valence-electron chi connectivity index (χ0n) is 14.8. The van der Waals surface area contributed by atoms with Gasteiger partial charge in [-0.05, 0) is 61.7 Å². The molecular weight excluding hydrogens is 304 g/mol. The predicted molar refractivity (Wildman–Crippen MR) is 93.7 cm³/mol. The van der Waals surface area contributed by atoms with Crippen LogP contribution in [0, 0.1) is 13.8 Å². The van der Waals surface area contributed by atoms with E-state index in [2.05, 4.69) is 25.2 Å². The minimum atomic E-state index is -0.462. The van der Waals surface area contributed by atoms with Gasteiger partial charge in [0, 0.05) is 12.8 Å². The zero-order chi connectivity index (χ0) is 17.7. The molecule has 0 amide bonds. The predicted octanol–water partition coefficient (Wildman–Crippen LogP) is 4.62. The van der Waals surface area contributed by atoms with Gasteiger partial charge in [-0.3, -0.25) is 0 Å². The molecule has 0 aliphatic rings. The Balaban J connectivity index is 2.12. The van der Waals surface area contributed by atoms with Crippen molar-refractivity contribution in [2.45, 2.75) is 33.6 Å². The van der Waals surface area contributed by atoms with Gasteiger partial charge in [0.1, 0.15) is 11.5 Å². The summed E-state index contributed by atoms with van der Waals surface area (Å²) in [6.07, 6.45) is 1.48. The van der Waals surface area contributed by atoms with Crippen molar-refractivity contribution in [1.82, 2.24) is 0 Å². The largest absolute Gasteiger partial charge is 0.493 e. The van der Waals surface area contributed by atoms with Crippen LogP contribution in [0.1, 0.15) is 46.3 Å².